The van der Waals surface area contributed by atoms with Crippen molar-refractivity contribution in [1.82, 2.24) is 5.32 Å². The van der Waals surface area contributed by atoms with E-state index in [0.29, 0.717) is 18.0 Å². The van der Waals surface area contributed by atoms with E-state index in [1.807, 2.05) is 0 Å². The number of hydrogen-bond donors (Lipinski definition) is 2. The number of hydrogen-bond acceptors (Lipinski definition) is 5. The van der Waals surface area contributed by atoms with E-state index in [-0.39, 0.29) is 5.11 Å². The van der Waals surface area contributed by atoms with Gasteiger partial charge in [-0.05, 0) is 43.6 Å². The van der Waals surface area contributed by atoms with E-state index in [4.69, 9.17) is 17.0 Å². The zero-order valence-corrected chi connectivity index (χ0v) is 16.3. The normalized spacial score (nSPS) is 21.6. The van der Waals surface area contributed by atoms with Crippen molar-refractivity contribution in [3.05, 3.63) is 24.3 Å². The molecule has 1 aromatic carbocycles. The molecule has 0 bridgehead atoms. The third kappa shape index (κ3) is 4.70. The summed E-state index contributed by atoms with van der Waals surface area (Å²) >= 11 is 5.20. The van der Waals surface area contributed by atoms with Crippen LogP contribution in [0.15, 0.2) is 29.3 Å². The summed E-state index contributed by atoms with van der Waals surface area (Å²) in [4.78, 5) is 32.3. The van der Waals surface area contributed by atoms with E-state index in [1.54, 1.807) is 31.4 Å². The number of piperidine rings is 1. The number of rotatable bonds is 6. The topological polar surface area (TPSA) is 75.4 Å². The van der Waals surface area contributed by atoms with Crippen molar-refractivity contribution in [2.45, 2.75) is 19.3 Å². The number of anilines is 1. The minimum atomic E-state index is -0.973. The van der Waals surface area contributed by atoms with E-state index in [1.165, 1.54) is 48.4 Å². The Bertz CT molecular complexity index is 746. The number of likely N-dealkylation sites (tertiary alicyclic amines) is 1. The molecule has 8 heteroatoms. The average Bonchev–Trinajstić information content (AvgIpc) is 2.68. The highest BCUT2D eigenvalue weighted by atomic mass is 32.1. The molecule has 2 aliphatic heterocycles. The van der Waals surface area contributed by atoms with Crippen molar-refractivity contribution >= 4 is 41.0 Å². The molecule has 27 heavy (non-hydrogen) atoms. The van der Waals surface area contributed by atoms with Crippen LogP contribution in [0.4, 0.5) is 5.69 Å². The lowest BCUT2D eigenvalue weighted by Gasteiger charge is -2.31. The van der Waals surface area contributed by atoms with Crippen LogP contribution in [0.3, 0.4) is 0 Å². The van der Waals surface area contributed by atoms with Crippen LogP contribution in [0, 0.1) is 5.92 Å². The highest BCUT2D eigenvalue weighted by Gasteiger charge is 2.38. The van der Waals surface area contributed by atoms with Gasteiger partial charge in [-0.15, -0.1) is 0 Å². The molecule has 1 aromatic rings. The van der Waals surface area contributed by atoms with Gasteiger partial charge in [0, 0.05) is 12.3 Å². The molecular formula is C19H25N4O3S+. The first-order valence-electron chi connectivity index (χ1n) is 9.26. The first-order valence-corrected chi connectivity index (χ1v) is 9.67. The number of amides is 2. The van der Waals surface area contributed by atoms with Crippen LogP contribution in [0.2, 0.25) is 0 Å². The average molecular weight is 390 g/mol. The third-order valence-corrected chi connectivity index (χ3v) is 5.21. The summed E-state index contributed by atoms with van der Waals surface area (Å²) in [5, 5.41) is 2.67. The van der Waals surface area contributed by atoms with Gasteiger partial charge in [0.05, 0.1) is 39.0 Å². The summed E-state index contributed by atoms with van der Waals surface area (Å²) in [6, 6.07) is 7.00. The van der Waals surface area contributed by atoms with Crippen molar-refractivity contribution in [3.8, 4) is 5.75 Å². The number of aliphatic imine (C=N–C) groups is 1. The minimum absolute atomic E-state index is 0.0701. The Morgan fingerprint density at radius 1 is 1.33 bits per heavy atom. The summed E-state index contributed by atoms with van der Waals surface area (Å²) in [5.74, 6) is -1.20. The van der Waals surface area contributed by atoms with Crippen LogP contribution >= 0.6 is 12.2 Å². The fourth-order valence-electron chi connectivity index (χ4n) is 3.42. The number of quaternary nitrogens is 1. The Hall–Kier alpha value is -2.32. The molecular weight excluding hydrogens is 364 g/mol. The number of ether oxygens (including phenoxy) is 1. The molecule has 0 saturated carbocycles. The molecule has 0 aromatic heterocycles. The van der Waals surface area contributed by atoms with Gasteiger partial charge < -0.3 is 15.0 Å². The largest absolute Gasteiger partial charge is 0.497 e. The molecule has 2 aliphatic rings. The lowest BCUT2D eigenvalue weighted by atomic mass is 10.1. The summed E-state index contributed by atoms with van der Waals surface area (Å²) in [6.07, 6.45) is 5.28. The number of benzene rings is 1. The smallest absolute Gasteiger partial charge is 0.251 e. The van der Waals surface area contributed by atoms with Crippen molar-refractivity contribution in [3.63, 3.8) is 0 Å². The Balaban J connectivity index is 1.67. The number of nitrogens with zero attached hydrogens (tertiary/aromatic N) is 2. The van der Waals surface area contributed by atoms with Gasteiger partial charge in [-0.2, -0.15) is 0 Å². The predicted molar refractivity (Wildman–Crippen MR) is 107 cm³/mol. The predicted octanol–water partition coefficient (Wildman–Crippen LogP) is 0.199. The number of nitrogens with one attached hydrogen (secondary N) is 2. The van der Waals surface area contributed by atoms with Crippen LogP contribution in [0.25, 0.3) is 0 Å². The second kappa shape index (κ2) is 9.05. The number of carbonyl (C=O) groups excluding carboxylic acids is 2. The highest BCUT2D eigenvalue weighted by Crippen LogP contribution is 2.24. The summed E-state index contributed by atoms with van der Waals surface area (Å²) in [7, 11) is 1.55. The molecule has 2 saturated heterocycles. The quantitative estimate of drug-likeness (QED) is 0.414. The zero-order valence-electron chi connectivity index (χ0n) is 15.4. The van der Waals surface area contributed by atoms with E-state index in [9.17, 15) is 9.59 Å². The number of thiocarbonyl (C=S) groups is 1. The first-order chi connectivity index (χ1) is 13.1. The van der Waals surface area contributed by atoms with Crippen molar-refractivity contribution in [1.29, 1.82) is 0 Å². The van der Waals surface area contributed by atoms with Gasteiger partial charge >= 0.3 is 0 Å². The lowest BCUT2D eigenvalue weighted by molar-refractivity contribution is -0.903. The third-order valence-electron chi connectivity index (χ3n) is 4.92. The standard InChI is InChI=1S/C19H24N4O3S/c1-26-15-7-5-6-14(12-15)23-18(25)16(17(24)21-19(23)27)13-20-8-11-22-9-3-2-4-10-22/h5-7,12-13,16H,2-4,8-11H2,1H3,(H,21,24,27)/p+1/t16-/m0/s1. The molecule has 0 radical (unpaired) electrons. The van der Waals surface area contributed by atoms with E-state index in [0.717, 1.165) is 6.54 Å². The maximum atomic E-state index is 12.9. The number of carbonyl (C=O) groups is 2. The van der Waals surface area contributed by atoms with E-state index in [2.05, 4.69) is 10.3 Å². The lowest BCUT2D eigenvalue weighted by Crippen LogP contribution is -3.13. The molecule has 2 amide bonds. The van der Waals surface area contributed by atoms with Crippen LogP contribution in [0.5, 0.6) is 5.75 Å². The van der Waals surface area contributed by atoms with Crippen LogP contribution in [-0.2, 0) is 9.59 Å². The molecule has 2 N–H and O–H groups in total. The van der Waals surface area contributed by atoms with E-state index < -0.39 is 17.7 Å². The monoisotopic (exact) mass is 389 g/mol. The molecule has 0 aliphatic carbocycles. The van der Waals surface area contributed by atoms with Gasteiger partial charge in [0.1, 0.15) is 5.75 Å². The molecule has 2 fully saturated rings. The van der Waals surface area contributed by atoms with Gasteiger partial charge in [0.15, 0.2) is 11.0 Å². The summed E-state index contributed by atoms with van der Waals surface area (Å²) in [5.41, 5.74) is 0.556. The molecule has 0 spiro atoms. The van der Waals surface area contributed by atoms with Crippen molar-refractivity contribution in [2.75, 3.05) is 38.2 Å². The van der Waals surface area contributed by atoms with Crippen molar-refractivity contribution in [2.24, 2.45) is 10.9 Å². The van der Waals surface area contributed by atoms with E-state index >= 15 is 0 Å². The second-order valence-electron chi connectivity index (χ2n) is 6.76. The molecule has 1 atom stereocenters. The molecule has 3 rings (SSSR count). The van der Waals surface area contributed by atoms with Gasteiger partial charge in [-0.3, -0.25) is 19.5 Å². The van der Waals surface area contributed by atoms with Gasteiger partial charge in [0.25, 0.3) is 5.91 Å². The highest BCUT2D eigenvalue weighted by molar-refractivity contribution is 7.80. The summed E-state index contributed by atoms with van der Waals surface area (Å²) in [6.45, 7) is 3.89. The van der Waals surface area contributed by atoms with Gasteiger partial charge in [0.2, 0.25) is 5.91 Å². The molecule has 144 valence electrons. The molecule has 2 heterocycles. The maximum absolute atomic E-state index is 12.9. The van der Waals surface area contributed by atoms with Gasteiger partial charge in [-0.25, -0.2) is 0 Å². The number of methoxy groups -OCH3 is 1. The van der Waals surface area contributed by atoms with Gasteiger partial charge in [-0.1, -0.05) is 6.07 Å². The SMILES string of the molecule is COc1cccc(N2C(=O)[C@@H](C=NCC[NH+]3CCCCC3)C(=O)NC2=S)c1. The maximum Gasteiger partial charge on any atom is 0.251 e. The second-order valence-corrected chi connectivity index (χ2v) is 7.15. The zero-order chi connectivity index (χ0) is 19.2. The molecule has 0 unspecified atom stereocenters. The Kier molecular flexibility index (Phi) is 6.52. The fourth-order valence-corrected chi connectivity index (χ4v) is 3.72. The minimum Gasteiger partial charge on any atom is -0.497 e. The Morgan fingerprint density at radius 3 is 2.85 bits per heavy atom. The Morgan fingerprint density at radius 2 is 2.11 bits per heavy atom. The van der Waals surface area contributed by atoms with Crippen molar-refractivity contribution < 1.29 is 19.2 Å². The molecule has 7 nitrogen and oxygen atoms in total. The Labute approximate surface area is 164 Å². The fraction of sp³-hybridized carbons (Fsp3) is 0.474. The first kappa shape index (κ1) is 19.4. The van der Waals surface area contributed by atoms with Crippen LogP contribution in [0.1, 0.15) is 19.3 Å². The van der Waals surface area contributed by atoms with Crippen LogP contribution in [-0.4, -0.2) is 56.4 Å². The van der Waals surface area contributed by atoms with Crippen LogP contribution < -0.4 is 19.9 Å². The summed E-state index contributed by atoms with van der Waals surface area (Å²) < 4.78 is 5.20.